The Hall–Kier alpha value is -5.41. The molecule has 0 nitrogen and oxygen atoms in total. The molecule has 0 saturated heterocycles. The van der Waals surface area contributed by atoms with E-state index >= 15 is 0 Å². The summed E-state index contributed by atoms with van der Waals surface area (Å²) in [6.45, 7) is 0. The molecule has 0 radical (unpaired) electrons. The maximum Gasteiger partial charge on any atom is 0.0494 e. The maximum absolute atomic E-state index is 2.56. The molecule has 0 fully saturated rings. The van der Waals surface area contributed by atoms with Crippen LogP contribution in [0.4, 0.5) is 0 Å². The molecule has 0 amide bonds. The lowest BCUT2D eigenvalue weighted by Crippen LogP contribution is -2.13. The van der Waals surface area contributed by atoms with E-state index in [0.29, 0.717) is 17.1 Å². The summed E-state index contributed by atoms with van der Waals surface area (Å²) in [5.74, 6) is 0.699. The van der Waals surface area contributed by atoms with Gasteiger partial charge in [0.05, 0.1) is 0 Å². The standard InChI is InChI=1S/C50H32S2/c1-3-13-32-29(11-1)25-43(36-17-7-5-15-34(32)36)31-21-22-39-41-23-24-42-48-40-20-10-9-19-38(40)45(28-47(48)52-50(42)49(41)51-46(39)27-31)44-26-30-12-2-4-14-33(30)35-16-6-8-18-37(35)44/h1-25,27-28,39,44,46H,26H2. The molecular weight excluding hydrogens is 665 g/mol. The zero-order valence-corrected chi connectivity index (χ0v) is 30.0. The number of hydrogen-bond donors (Lipinski definition) is 0. The third-order valence-corrected chi connectivity index (χ3v) is 14.7. The van der Waals surface area contributed by atoms with Gasteiger partial charge in [-0.15, -0.1) is 23.1 Å². The molecule has 52 heavy (non-hydrogen) atoms. The molecule has 0 N–H and O–H groups in total. The molecule has 244 valence electrons. The van der Waals surface area contributed by atoms with Crippen molar-refractivity contribution in [1.29, 1.82) is 0 Å². The molecule has 1 aromatic heterocycles. The van der Waals surface area contributed by atoms with E-state index in [2.05, 4.69) is 176 Å². The van der Waals surface area contributed by atoms with Crippen LogP contribution in [0.25, 0.3) is 69.2 Å². The third-order valence-electron chi connectivity index (χ3n) is 12.0. The summed E-state index contributed by atoms with van der Waals surface area (Å²) in [6, 6.07) is 54.8. The summed E-state index contributed by atoms with van der Waals surface area (Å²) in [6.07, 6.45) is 8.45. The van der Waals surface area contributed by atoms with Gasteiger partial charge >= 0.3 is 0 Å². The Bertz CT molecular complexity index is 3050. The third kappa shape index (κ3) is 4.11. The first-order valence-electron chi connectivity index (χ1n) is 18.3. The van der Waals surface area contributed by atoms with E-state index in [4.69, 9.17) is 0 Å². The van der Waals surface area contributed by atoms with Gasteiger partial charge in [0.2, 0.25) is 0 Å². The summed E-state index contributed by atoms with van der Waals surface area (Å²) in [7, 11) is 0. The molecule has 2 heterocycles. The van der Waals surface area contributed by atoms with Gasteiger partial charge in [0.1, 0.15) is 0 Å². The summed E-state index contributed by atoms with van der Waals surface area (Å²) in [5.41, 5.74) is 11.2. The molecule has 0 bridgehead atoms. The predicted octanol–water partition coefficient (Wildman–Crippen LogP) is 14.1. The molecular formula is C50H32S2. The van der Waals surface area contributed by atoms with Gasteiger partial charge < -0.3 is 0 Å². The van der Waals surface area contributed by atoms with Gasteiger partial charge in [-0.3, -0.25) is 0 Å². The molecule has 2 aliphatic carbocycles. The number of allylic oxidation sites excluding steroid dienone is 3. The molecule has 2 heteroatoms. The fraction of sp³-hybridized carbons (Fsp3) is 0.0800. The van der Waals surface area contributed by atoms with E-state index in [0.717, 1.165) is 6.42 Å². The number of thiophene rings is 1. The highest BCUT2D eigenvalue weighted by molar-refractivity contribution is 8.00. The van der Waals surface area contributed by atoms with Crippen molar-refractivity contribution in [1.82, 2.24) is 0 Å². The van der Waals surface area contributed by atoms with Gasteiger partial charge in [0, 0.05) is 42.2 Å². The quantitative estimate of drug-likeness (QED) is 0.162. The lowest BCUT2D eigenvalue weighted by atomic mass is 9.74. The van der Waals surface area contributed by atoms with Crippen LogP contribution in [0.15, 0.2) is 169 Å². The minimum atomic E-state index is 0.313. The molecule has 3 aliphatic rings. The van der Waals surface area contributed by atoms with Crippen molar-refractivity contribution in [3.8, 4) is 11.1 Å². The van der Waals surface area contributed by atoms with Gasteiger partial charge in [-0.25, -0.2) is 0 Å². The van der Waals surface area contributed by atoms with Crippen molar-refractivity contribution in [3.63, 3.8) is 0 Å². The van der Waals surface area contributed by atoms with Crippen LogP contribution < -0.4 is 0 Å². The van der Waals surface area contributed by atoms with Crippen LogP contribution in [0.3, 0.4) is 0 Å². The normalized spacial score (nSPS) is 18.8. The SMILES string of the molecule is C1=CC2c3ccc4c(sc5cc(C6Cc7ccccc7-c7ccccc76)c6ccccc6c54)c3SC2C=C1c1cc2ccccc2c2ccccc12. The molecule has 1 aliphatic heterocycles. The highest BCUT2D eigenvalue weighted by atomic mass is 32.2. The van der Waals surface area contributed by atoms with Crippen molar-refractivity contribution in [3.05, 3.63) is 192 Å². The largest absolute Gasteiger partial charge is 0.134 e. The number of rotatable bonds is 2. The topological polar surface area (TPSA) is 0 Å². The van der Waals surface area contributed by atoms with E-state index in [1.807, 2.05) is 11.3 Å². The van der Waals surface area contributed by atoms with E-state index in [9.17, 15) is 0 Å². The maximum atomic E-state index is 2.56. The Kier molecular flexibility index (Phi) is 6.20. The van der Waals surface area contributed by atoms with Crippen LogP contribution in [0.1, 0.15) is 39.7 Å². The fourth-order valence-corrected chi connectivity index (χ4v) is 12.6. The average molecular weight is 697 g/mol. The summed E-state index contributed by atoms with van der Waals surface area (Å²) in [5, 5.41) is 11.2. The highest BCUT2D eigenvalue weighted by Crippen LogP contribution is 2.56. The van der Waals surface area contributed by atoms with Crippen molar-refractivity contribution < 1.29 is 0 Å². The Morgan fingerprint density at radius 2 is 1.25 bits per heavy atom. The van der Waals surface area contributed by atoms with E-state index in [-0.39, 0.29) is 0 Å². The lowest BCUT2D eigenvalue weighted by molar-refractivity contribution is 0.801. The Labute approximate surface area is 310 Å². The number of fused-ring (bicyclic) bond motifs is 15. The van der Waals surface area contributed by atoms with Gasteiger partial charge in [-0.1, -0.05) is 152 Å². The molecule has 0 saturated carbocycles. The molecule has 9 aromatic rings. The molecule has 3 atom stereocenters. The van der Waals surface area contributed by atoms with Crippen LogP contribution in [-0.4, -0.2) is 5.25 Å². The van der Waals surface area contributed by atoms with E-state index < -0.39 is 0 Å². The van der Waals surface area contributed by atoms with E-state index in [1.165, 1.54) is 102 Å². The van der Waals surface area contributed by atoms with Crippen molar-refractivity contribution >= 4 is 81.2 Å². The van der Waals surface area contributed by atoms with Crippen molar-refractivity contribution in [2.45, 2.75) is 28.4 Å². The summed E-state index contributed by atoms with van der Waals surface area (Å²) < 4.78 is 2.85. The van der Waals surface area contributed by atoms with Gasteiger partial charge in [0.25, 0.3) is 0 Å². The smallest absolute Gasteiger partial charge is 0.0494 e. The zero-order chi connectivity index (χ0) is 33.9. The first kappa shape index (κ1) is 29.2. The summed E-state index contributed by atoms with van der Waals surface area (Å²) >= 11 is 4.08. The zero-order valence-electron chi connectivity index (χ0n) is 28.3. The van der Waals surface area contributed by atoms with Crippen molar-refractivity contribution in [2.24, 2.45) is 0 Å². The van der Waals surface area contributed by atoms with Gasteiger partial charge in [-0.05, 0) is 95.4 Å². The minimum Gasteiger partial charge on any atom is -0.134 e. The fourth-order valence-electron chi connectivity index (χ4n) is 9.66. The molecule has 3 unspecified atom stereocenters. The number of thioether (sulfide) groups is 1. The Balaban J connectivity index is 1.00. The second-order valence-corrected chi connectivity index (χ2v) is 16.9. The van der Waals surface area contributed by atoms with Crippen molar-refractivity contribution in [2.75, 3.05) is 0 Å². The van der Waals surface area contributed by atoms with Crippen LogP contribution in [0.5, 0.6) is 0 Å². The highest BCUT2D eigenvalue weighted by Gasteiger charge is 2.35. The first-order valence-corrected chi connectivity index (χ1v) is 20.0. The molecule has 0 spiro atoms. The second-order valence-electron chi connectivity index (χ2n) is 14.6. The molecule has 12 rings (SSSR count). The van der Waals surface area contributed by atoms with Crippen LogP contribution in [0, 0.1) is 0 Å². The lowest BCUT2D eigenvalue weighted by Gasteiger charge is -2.29. The molecule has 8 aromatic carbocycles. The van der Waals surface area contributed by atoms with Crippen LogP contribution in [-0.2, 0) is 6.42 Å². The number of benzene rings is 8. The van der Waals surface area contributed by atoms with Gasteiger partial charge in [-0.2, -0.15) is 0 Å². The number of hydrogen-bond acceptors (Lipinski definition) is 2. The minimum absolute atomic E-state index is 0.313. The Morgan fingerprint density at radius 1 is 0.519 bits per heavy atom. The van der Waals surface area contributed by atoms with Crippen LogP contribution >= 0.6 is 23.1 Å². The van der Waals surface area contributed by atoms with Crippen LogP contribution in [0.2, 0.25) is 0 Å². The average Bonchev–Trinajstić information content (AvgIpc) is 3.78. The summed E-state index contributed by atoms with van der Waals surface area (Å²) in [4.78, 5) is 1.47. The monoisotopic (exact) mass is 696 g/mol. The predicted molar refractivity (Wildman–Crippen MR) is 225 cm³/mol. The van der Waals surface area contributed by atoms with E-state index in [1.54, 1.807) is 0 Å². The second kappa shape index (κ2) is 11.0. The first-order chi connectivity index (χ1) is 25.8. The van der Waals surface area contributed by atoms with Gasteiger partial charge in [0.15, 0.2) is 0 Å². The Morgan fingerprint density at radius 3 is 2.15 bits per heavy atom.